The van der Waals surface area contributed by atoms with Gasteiger partial charge in [-0.15, -0.1) is 0 Å². The largest absolute Gasteiger partial charge is 0.381 e. The lowest BCUT2D eigenvalue weighted by molar-refractivity contribution is 0.0699. The molecule has 1 fully saturated rings. The zero-order valence-corrected chi connectivity index (χ0v) is 19.8. The van der Waals surface area contributed by atoms with E-state index in [-0.39, 0.29) is 5.91 Å². The second kappa shape index (κ2) is 10.5. The van der Waals surface area contributed by atoms with E-state index in [1.165, 1.54) is 11.8 Å². The van der Waals surface area contributed by atoms with Crippen molar-refractivity contribution in [3.8, 4) is 11.1 Å². The molecule has 1 amide bonds. The summed E-state index contributed by atoms with van der Waals surface area (Å²) in [6, 6.07) is 5.41. The van der Waals surface area contributed by atoms with Gasteiger partial charge in [0, 0.05) is 31.9 Å². The van der Waals surface area contributed by atoms with Gasteiger partial charge >= 0.3 is 0 Å². The number of hydrogen-bond acceptors (Lipinski definition) is 7. The highest BCUT2D eigenvalue weighted by atomic mass is 35.5. The summed E-state index contributed by atoms with van der Waals surface area (Å²) in [5.74, 6) is 1.04. The van der Waals surface area contributed by atoms with E-state index in [2.05, 4.69) is 25.7 Å². The van der Waals surface area contributed by atoms with Crippen molar-refractivity contribution in [2.45, 2.75) is 31.3 Å². The van der Waals surface area contributed by atoms with E-state index in [4.69, 9.17) is 16.3 Å². The van der Waals surface area contributed by atoms with E-state index in [0.717, 1.165) is 50.1 Å². The van der Waals surface area contributed by atoms with Gasteiger partial charge in [-0.1, -0.05) is 36.4 Å². The molecule has 170 valence electrons. The lowest BCUT2D eigenvalue weighted by Gasteiger charge is -2.22. The van der Waals surface area contributed by atoms with Crippen LogP contribution in [0.15, 0.2) is 29.6 Å². The van der Waals surface area contributed by atoms with E-state index in [9.17, 15) is 4.79 Å². The number of nitrogens with one attached hydrogen (secondary N) is 2. The molecule has 3 aromatic rings. The SMILES string of the molecule is CCCNC(=O)c1ccc(-c2cnn3c(NCC4CCOCC4)nc(SC)nc23)cc1Cl. The average molecular weight is 475 g/mol. The first-order valence-electron chi connectivity index (χ1n) is 10.8. The Morgan fingerprint density at radius 3 is 2.84 bits per heavy atom. The molecule has 4 rings (SSSR count). The Bertz CT molecular complexity index is 1100. The molecule has 8 nitrogen and oxygen atoms in total. The van der Waals surface area contributed by atoms with Gasteiger partial charge in [-0.25, -0.2) is 4.98 Å². The molecule has 1 aliphatic heterocycles. The monoisotopic (exact) mass is 474 g/mol. The van der Waals surface area contributed by atoms with E-state index in [0.29, 0.717) is 39.8 Å². The predicted octanol–water partition coefficient (Wildman–Crippen LogP) is 4.14. The highest BCUT2D eigenvalue weighted by Crippen LogP contribution is 2.30. The van der Waals surface area contributed by atoms with E-state index in [1.807, 2.05) is 19.2 Å². The number of ether oxygens (including phenoxy) is 1. The van der Waals surface area contributed by atoms with Gasteiger partial charge < -0.3 is 15.4 Å². The van der Waals surface area contributed by atoms with Gasteiger partial charge in [0.2, 0.25) is 5.95 Å². The van der Waals surface area contributed by atoms with Crippen LogP contribution in [-0.2, 0) is 4.74 Å². The summed E-state index contributed by atoms with van der Waals surface area (Å²) in [4.78, 5) is 21.6. The van der Waals surface area contributed by atoms with Gasteiger partial charge in [-0.2, -0.15) is 14.6 Å². The van der Waals surface area contributed by atoms with Crippen molar-refractivity contribution in [3.63, 3.8) is 0 Å². The molecule has 0 bridgehead atoms. The van der Waals surface area contributed by atoms with Crippen molar-refractivity contribution in [3.05, 3.63) is 35.0 Å². The molecule has 1 aliphatic rings. The number of rotatable bonds is 8. The summed E-state index contributed by atoms with van der Waals surface area (Å²) >= 11 is 7.93. The Labute approximate surface area is 196 Å². The Morgan fingerprint density at radius 1 is 1.31 bits per heavy atom. The summed E-state index contributed by atoms with van der Waals surface area (Å²) in [6.45, 7) is 5.05. The van der Waals surface area contributed by atoms with Crippen molar-refractivity contribution < 1.29 is 9.53 Å². The topological polar surface area (TPSA) is 93.4 Å². The van der Waals surface area contributed by atoms with Crippen LogP contribution in [0.25, 0.3) is 16.8 Å². The van der Waals surface area contributed by atoms with Crippen LogP contribution >= 0.6 is 23.4 Å². The molecule has 0 unspecified atom stereocenters. The third kappa shape index (κ3) is 5.00. The van der Waals surface area contributed by atoms with Crippen LogP contribution in [0.2, 0.25) is 5.02 Å². The molecule has 2 aromatic heterocycles. The molecule has 1 saturated heterocycles. The Morgan fingerprint density at radius 2 is 2.12 bits per heavy atom. The van der Waals surface area contributed by atoms with Gasteiger partial charge in [0.05, 0.1) is 16.8 Å². The molecular weight excluding hydrogens is 448 g/mol. The van der Waals surface area contributed by atoms with Crippen molar-refractivity contribution in [2.75, 3.05) is 37.9 Å². The van der Waals surface area contributed by atoms with Crippen LogP contribution in [0, 0.1) is 5.92 Å². The van der Waals surface area contributed by atoms with E-state index < -0.39 is 0 Å². The van der Waals surface area contributed by atoms with E-state index in [1.54, 1.807) is 22.8 Å². The maximum atomic E-state index is 12.3. The maximum Gasteiger partial charge on any atom is 0.252 e. The minimum absolute atomic E-state index is 0.171. The van der Waals surface area contributed by atoms with Crippen LogP contribution in [0.5, 0.6) is 0 Å². The molecule has 10 heteroatoms. The van der Waals surface area contributed by atoms with Gasteiger partial charge in [-0.05, 0) is 49.1 Å². The molecule has 0 atom stereocenters. The number of amides is 1. The number of carbonyl (C=O) groups is 1. The van der Waals surface area contributed by atoms with Gasteiger partial charge in [0.15, 0.2) is 10.8 Å². The molecule has 2 N–H and O–H groups in total. The molecule has 0 spiro atoms. The molecule has 3 heterocycles. The highest BCUT2D eigenvalue weighted by Gasteiger charge is 2.18. The van der Waals surface area contributed by atoms with Crippen molar-refractivity contribution in [1.29, 1.82) is 0 Å². The maximum absolute atomic E-state index is 12.3. The van der Waals surface area contributed by atoms with Gasteiger partial charge in [-0.3, -0.25) is 4.79 Å². The number of hydrogen-bond donors (Lipinski definition) is 2. The van der Waals surface area contributed by atoms with Crippen LogP contribution in [0.1, 0.15) is 36.5 Å². The number of fused-ring (bicyclic) bond motifs is 1. The summed E-state index contributed by atoms with van der Waals surface area (Å²) in [6.07, 6.45) is 6.66. The fourth-order valence-electron chi connectivity index (χ4n) is 3.65. The third-order valence-electron chi connectivity index (χ3n) is 5.48. The Hall–Kier alpha value is -2.36. The summed E-state index contributed by atoms with van der Waals surface area (Å²) in [5, 5.41) is 11.9. The molecule has 0 radical (unpaired) electrons. The minimum atomic E-state index is -0.171. The molecule has 0 saturated carbocycles. The first-order chi connectivity index (χ1) is 15.6. The molecule has 32 heavy (non-hydrogen) atoms. The lowest BCUT2D eigenvalue weighted by Crippen LogP contribution is -2.24. The van der Waals surface area contributed by atoms with Crippen LogP contribution in [-0.4, -0.2) is 58.0 Å². The summed E-state index contributed by atoms with van der Waals surface area (Å²) in [7, 11) is 0. The predicted molar refractivity (Wildman–Crippen MR) is 128 cm³/mol. The fraction of sp³-hybridized carbons (Fsp3) is 0.455. The smallest absolute Gasteiger partial charge is 0.252 e. The van der Waals surface area contributed by atoms with Gasteiger partial charge in [0.1, 0.15) is 0 Å². The van der Waals surface area contributed by atoms with Crippen LogP contribution in [0.4, 0.5) is 5.95 Å². The van der Waals surface area contributed by atoms with Crippen LogP contribution < -0.4 is 10.6 Å². The molecular formula is C22H27ClN6O2S. The van der Waals surface area contributed by atoms with E-state index >= 15 is 0 Å². The third-order valence-corrected chi connectivity index (χ3v) is 6.34. The lowest BCUT2D eigenvalue weighted by atomic mass is 10.0. The number of anilines is 1. The number of benzene rings is 1. The van der Waals surface area contributed by atoms with Crippen molar-refractivity contribution in [2.24, 2.45) is 5.92 Å². The number of nitrogens with zero attached hydrogens (tertiary/aromatic N) is 4. The summed E-state index contributed by atoms with van der Waals surface area (Å²) in [5.41, 5.74) is 2.83. The number of halogens is 1. The zero-order valence-electron chi connectivity index (χ0n) is 18.2. The average Bonchev–Trinajstić information content (AvgIpc) is 3.25. The first-order valence-corrected chi connectivity index (χ1v) is 12.4. The Kier molecular flexibility index (Phi) is 7.49. The Balaban J connectivity index is 1.63. The first kappa shape index (κ1) is 22.8. The summed E-state index contributed by atoms with van der Waals surface area (Å²) < 4.78 is 7.18. The normalized spacial score (nSPS) is 14.6. The quantitative estimate of drug-likeness (QED) is 0.474. The van der Waals surface area contributed by atoms with Crippen LogP contribution in [0.3, 0.4) is 0 Å². The second-order valence-electron chi connectivity index (χ2n) is 7.71. The minimum Gasteiger partial charge on any atom is -0.381 e. The van der Waals surface area contributed by atoms with Gasteiger partial charge in [0.25, 0.3) is 5.91 Å². The number of carbonyl (C=O) groups excluding carboxylic acids is 1. The molecule has 0 aliphatic carbocycles. The second-order valence-corrected chi connectivity index (χ2v) is 8.90. The zero-order chi connectivity index (χ0) is 22.5. The highest BCUT2D eigenvalue weighted by molar-refractivity contribution is 7.98. The number of thioether (sulfide) groups is 1. The van der Waals surface area contributed by atoms with Crippen molar-refractivity contribution >= 4 is 40.9 Å². The number of aromatic nitrogens is 4. The fourth-order valence-corrected chi connectivity index (χ4v) is 4.28. The molecule has 1 aromatic carbocycles. The standard InChI is InChI=1S/C22H27ClN6O2S/c1-3-8-24-20(30)16-5-4-15(11-18(16)23)17-13-26-29-19(17)27-22(32-2)28-21(29)25-12-14-6-9-31-10-7-14/h4-5,11,13-14H,3,6-10,12H2,1-2H3,(H,24,30)(H,25,27,28). The van der Waals surface area contributed by atoms with Crippen molar-refractivity contribution in [1.82, 2.24) is 24.9 Å².